The first-order valence-electron chi connectivity index (χ1n) is 9.28. The Bertz CT molecular complexity index is 693. The molecular formula is C19H25N3OS2. The number of hydrogen-bond donors (Lipinski definition) is 0. The average Bonchev–Trinajstić information content (AvgIpc) is 2.95. The number of piperidine rings is 1. The van der Waals surface area contributed by atoms with Crippen molar-refractivity contribution in [3.63, 3.8) is 0 Å². The number of aromatic nitrogens is 1. The quantitative estimate of drug-likeness (QED) is 0.819. The molecule has 4 rings (SSSR count). The number of likely N-dealkylation sites (tertiary alicyclic amines) is 1. The highest BCUT2D eigenvalue weighted by molar-refractivity contribution is 7.99. The molecule has 0 spiro atoms. The second-order valence-electron chi connectivity index (χ2n) is 6.93. The monoisotopic (exact) mass is 375 g/mol. The van der Waals surface area contributed by atoms with Crippen molar-refractivity contribution in [2.24, 2.45) is 0 Å². The second-order valence-corrected chi connectivity index (χ2v) is 9.11. The summed E-state index contributed by atoms with van der Waals surface area (Å²) in [5, 5.41) is 0.650. The van der Waals surface area contributed by atoms with E-state index in [9.17, 15) is 4.79 Å². The van der Waals surface area contributed by atoms with Crippen LogP contribution in [0.3, 0.4) is 0 Å². The zero-order valence-electron chi connectivity index (χ0n) is 14.5. The lowest BCUT2D eigenvalue weighted by atomic mass is 10.1. The smallest absolute Gasteiger partial charge is 0.283 e. The summed E-state index contributed by atoms with van der Waals surface area (Å²) in [6.45, 7) is 4.25. The van der Waals surface area contributed by atoms with E-state index in [4.69, 9.17) is 0 Å². The van der Waals surface area contributed by atoms with E-state index in [1.165, 1.54) is 43.7 Å². The lowest BCUT2D eigenvalue weighted by Crippen LogP contribution is -2.49. The summed E-state index contributed by atoms with van der Waals surface area (Å²) in [6.07, 6.45) is 5.03. The molecule has 134 valence electrons. The fourth-order valence-corrected chi connectivity index (χ4v) is 5.75. The molecule has 3 heterocycles. The molecule has 0 N–H and O–H groups in total. The van der Waals surface area contributed by atoms with Crippen LogP contribution in [0.15, 0.2) is 24.3 Å². The number of nitrogens with zero attached hydrogens (tertiary/aromatic N) is 3. The van der Waals surface area contributed by atoms with Crippen LogP contribution in [0.5, 0.6) is 0 Å². The van der Waals surface area contributed by atoms with E-state index >= 15 is 0 Å². The molecule has 1 atom stereocenters. The summed E-state index contributed by atoms with van der Waals surface area (Å²) < 4.78 is 1.10. The van der Waals surface area contributed by atoms with Gasteiger partial charge in [0, 0.05) is 18.8 Å². The molecule has 2 aliphatic heterocycles. The number of thiazole rings is 1. The Morgan fingerprint density at radius 2 is 1.96 bits per heavy atom. The van der Waals surface area contributed by atoms with Crippen LogP contribution in [-0.2, 0) is 0 Å². The van der Waals surface area contributed by atoms with Crippen molar-refractivity contribution < 1.29 is 4.79 Å². The molecule has 1 aromatic carbocycles. The molecule has 25 heavy (non-hydrogen) atoms. The molecule has 2 saturated heterocycles. The minimum atomic E-state index is 0.130. The van der Waals surface area contributed by atoms with E-state index < -0.39 is 0 Å². The first-order valence-corrected chi connectivity index (χ1v) is 11.2. The molecule has 2 aromatic rings. The maximum absolute atomic E-state index is 13.2. The standard InChI is InChI=1S/C19H25N3OS2/c23-19(18-20-16-7-2-3-8-17(16)25-18)22-11-6-12-24-14-15(22)13-21-9-4-1-5-10-21/h2-3,7-8,15H,1,4-6,9-14H2. The molecule has 2 aliphatic rings. The number of hydrogen-bond acceptors (Lipinski definition) is 5. The van der Waals surface area contributed by atoms with Crippen LogP contribution in [0, 0.1) is 0 Å². The Morgan fingerprint density at radius 3 is 2.80 bits per heavy atom. The number of para-hydroxylation sites is 1. The van der Waals surface area contributed by atoms with Crippen LogP contribution in [0.4, 0.5) is 0 Å². The van der Waals surface area contributed by atoms with Gasteiger partial charge in [-0.3, -0.25) is 4.79 Å². The Morgan fingerprint density at radius 1 is 1.12 bits per heavy atom. The normalized spacial score (nSPS) is 22.9. The minimum absolute atomic E-state index is 0.130. The van der Waals surface area contributed by atoms with Crippen molar-refractivity contribution in [1.82, 2.24) is 14.8 Å². The zero-order valence-corrected chi connectivity index (χ0v) is 16.2. The number of thioether (sulfide) groups is 1. The predicted molar refractivity (Wildman–Crippen MR) is 107 cm³/mol. The van der Waals surface area contributed by atoms with Gasteiger partial charge in [0.1, 0.15) is 0 Å². The van der Waals surface area contributed by atoms with Crippen molar-refractivity contribution in [2.75, 3.05) is 37.7 Å². The van der Waals surface area contributed by atoms with Crippen molar-refractivity contribution in [1.29, 1.82) is 0 Å². The van der Waals surface area contributed by atoms with Crippen LogP contribution < -0.4 is 0 Å². The van der Waals surface area contributed by atoms with Gasteiger partial charge >= 0.3 is 0 Å². The predicted octanol–water partition coefficient (Wildman–Crippen LogP) is 3.73. The summed E-state index contributed by atoms with van der Waals surface area (Å²) >= 11 is 3.53. The molecule has 0 radical (unpaired) electrons. The van der Waals surface area contributed by atoms with Gasteiger partial charge in [-0.15, -0.1) is 11.3 Å². The average molecular weight is 376 g/mol. The topological polar surface area (TPSA) is 36.4 Å². The van der Waals surface area contributed by atoms with Crippen molar-refractivity contribution >= 4 is 39.2 Å². The third kappa shape index (κ3) is 4.01. The molecule has 0 saturated carbocycles. The van der Waals surface area contributed by atoms with Gasteiger partial charge in [0.05, 0.1) is 16.3 Å². The molecule has 1 amide bonds. The fourth-order valence-electron chi connectivity index (χ4n) is 3.77. The van der Waals surface area contributed by atoms with Gasteiger partial charge in [0.2, 0.25) is 0 Å². The molecule has 4 nitrogen and oxygen atoms in total. The van der Waals surface area contributed by atoms with E-state index in [1.807, 2.05) is 36.0 Å². The summed E-state index contributed by atoms with van der Waals surface area (Å²) in [7, 11) is 0. The Labute approximate surface area is 157 Å². The summed E-state index contributed by atoms with van der Waals surface area (Å²) in [4.78, 5) is 22.5. The highest BCUT2D eigenvalue weighted by atomic mass is 32.2. The molecule has 1 aromatic heterocycles. The number of carbonyl (C=O) groups excluding carboxylic acids is 1. The maximum Gasteiger partial charge on any atom is 0.283 e. The van der Waals surface area contributed by atoms with Gasteiger partial charge in [-0.25, -0.2) is 4.98 Å². The number of carbonyl (C=O) groups is 1. The van der Waals surface area contributed by atoms with E-state index in [1.54, 1.807) is 0 Å². The Kier molecular flexibility index (Phi) is 5.58. The van der Waals surface area contributed by atoms with Crippen molar-refractivity contribution in [3.8, 4) is 0 Å². The Hall–Kier alpha value is -1.11. The highest BCUT2D eigenvalue weighted by Crippen LogP contribution is 2.26. The Balaban J connectivity index is 1.54. The summed E-state index contributed by atoms with van der Waals surface area (Å²) in [5.41, 5.74) is 0.938. The summed E-state index contributed by atoms with van der Waals surface area (Å²) in [6, 6.07) is 8.35. The third-order valence-electron chi connectivity index (χ3n) is 5.09. The third-order valence-corrected chi connectivity index (χ3v) is 7.32. The molecule has 1 unspecified atom stereocenters. The van der Waals surface area contributed by atoms with Gasteiger partial charge in [0.15, 0.2) is 5.01 Å². The highest BCUT2D eigenvalue weighted by Gasteiger charge is 2.30. The fraction of sp³-hybridized carbons (Fsp3) is 0.579. The van der Waals surface area contributed by atoms with Crippen molar-refractivity contribution in [3.05, 3.63) is 29.3 Å². The van der Waals surface area contributed by atoms with Gasteiger partial charge in [-0.1, -0.05) is 18.6 Å². The SMILES string of the molecule is O=C(c1nc2ccccc2s1)N1CCCSCC1CN1CCCCC1. The lowest BCUT2D eigenvalue weighted by molar-refractivity contribution is 0.0645. The van der Waals surface area contributed by atoms with E-state index in [0.29, 0.717) is 11.0 Å². The molecule has 6 heteroatoms. The number of amides is 1. The maximum atomic E-state index is 13.2. The lowest BCUT2D eigenvalue weighted by Gasteiger charge is -2.35. The van der Waals surface area contributed by atoms with Crippen LogP contribution in [0.25, 0.3) is 10.2 Å². The second kappa shape index (κ2) is 8.06. The van der Waals surface area contributed by atoms with Crippen molar-refractivity contribution in [2.45, 2.75) is 31.7 Å². The van der Waals surface area contributed by atoms with Crippen LogP contribution in [0.2, 0.25) is 0 Å². The number of rotatable bonds is 3. The van der Waals surface area contributed by atoms with Crippen LogP contribution >= 0.6 is 23.1 Å². The first-order chi connectivity index (χ1) is 12.3. The van der Waals surface area contributed by atoms with Gasteiger partial charge < -0.3 is 9.80 Å². The minimum Gasteiger partial charge on any atom is -0.331 e. The molecular weight excluding hydrogens is 350 g/mol. The van der Waals surface area contributed by atoms with E-state index in [2.05, 4.69) is 14.8 Å². The largest absolute Gasteiger partial charge is 0.331 e. The van der Waals surface area contributed by atoms with Gasteiger partial charge in [-0.2, -0.15) is 11.8 Å². The number of fused-ring (bicyclic) bond motifs is 1. The van der Waals surface area contributed by atoms with E-state index in [0.717, 1.165) is 41.2 Å². The van der Waals surface area contributed by atoms with Gasteiger partial charge in [-0.05, 0) is 50.2 Å². The molecule has 0 bridgehead atoms. The molecule has 0 aliphatic carbocycles. The van der Waals surface area contributed by atoms with Crippen LogP contribution in [0.1, 0.15) is 35.5 Å². The number of benzene rings is 1. The van der Waals surface area contributed by atoms with Crippen LogP contribution in [-0.4, -0.2) is 64.4 Å². The summed E-state index contributed by atoms with van der Waals surface area (Å²) in [5.74, 6) is 2.33. The van der Waals surface area contributed by atoms with Gasteiger partial charge in [0.25, 0.3) is 5.91 Å². The molecule has 2 fully saturated rings. The first kappa shape index (κ1) is 17.3. The zero-order chi connectivity index (χ0) is 17.1. The van der Waals surface area contributed by atoms with E-state index in [-0.39, 0.29) is 5.91 Å².